The van der Waals surface area contributed by atoms with Gasteiger partial charge in [0.25, 0.3) is 5.91 Å². The third-order valence-electron chi connectivity index (χ3n) is 6.63. The highest BCUT2D eigenvalue weighted by atomic mass is 35.5. The number of halogens is 1. The lowest BCUT2D eigenvalue weighted by Crippen LogP contribution is -2.44. The Labute approximate surface area is 226 Å². The fourth-order valence-corrected chi connectivity index (χ4v) is 5.01. The number of amides is 2. The van der Waals surface area contributed by atoms with Crippen LogP contribution < -0.4 is 29.0 Å². The minimum atomic E-state index is -0.827. The number of ether oxygens (including phenoxy) is 5. The number of carbonyl (C=O) groups is 2. The second-order valence-corrected chi connectivity index (χ2v) is 8.99. The molecule has 2 amide bonds. The van der Waals surface area contributed by atoms with E-state index in [1.807, 2.05) is 6.07 Å². The zero-order valence-corrected chi connectivity index (χ0v) is 22.7. The van der Waals surface area contributed by atoms with Gasteiger partial charge in [0, 0.05) is 18.3 Å². The summed E-state index contributed by atoms with van der Waals surface area (Å²) in [4.78, 5) is 29.2. The molecular weight excluding hydrogens is 512 g/mol. The summed E-state index contributed by atoms with van der Waals surface area (Å²) in [5, 5.41) is 3.30. The van der Waals surface area contributed by atoms with Crippen LogP contribution in [-0.2, 0) is 4.79 Å². The van der Waals surface area contributed by atoms with Crippen LogP contribution in [0.3, 0.4) is 0 Å². The lowest BCUT2D eigenvalue weighted by Gasteiger charge is -2.40. The fraction of sp³-hybridized carbons (Fsp3) is 0.286. The third-order valence-corrected chi connectivity index (χ3v) is 6.92. The average Bonchev–Trinajstić information content (AvgIpc) is 2.93. The monoisotopic (exact) mass is 540 g/mol. The maximum atomic E-state index is 14.0. The molecule has 3 aromatic rings. The second-order valence-electron chi connectivity index (χ2n) is 8.59. The van der Waals surface area contributed by atoms with Crippen molar-refractivity contribution >= 4 is 29.1 Å². The smallest absolute Gasteiger partial charge is 0.254 e. The molecule has 1 aliphatic heterocycles. The van der Waals surface area contributed by atoms with Crippen LogP contribution in [0.25, 0.3) is 0 Å². The standard InChI is InChI=1S/C28H29ClN2O7/c1-31-26(15-7-9-21(35-3)22(11-15)36-4)25(27(32)30-16-8-10-20(34-2)19(29)12-16)17-13-23(37-5)24(38-6)14-18(17)28(31)33/h7-14,25-26H,1-6H3,(H,30,32). The largest absolute Gasteiger partial charge is 0.495 e. The lowest BCUT2D eigenvalue weighted by atomic mass is 9.79. The molecule has 10 heteroatoms. The molecule has 0 saturated carbocycles. The number of hydrogen-bond acceptors (Lipinski definition) is 7. The van der Waals surface area contributed by atoms with Gasteiger partial charge in [-0.1, -0.05) is 17.7 Å². The lowest BCUT2D eigenvalue weighted by molar-refractivity contribution is -0.119. The van der Waals surface area contributed by atoms with Crippen molar-refractivity contribution in [3.05, 3.63) is 70.2 Å². The Bertz CT molecular complexity index is 1380. The zero-order chi connectivity index (χ0) is 27.6. The van der Waals surface area contributed by atoms with Crippen molar-refractivity contribution in [1.29, 1.82) is 0 Å². The first-order chi connectivity index (χ1) is 18.3. The van der Waals surface area contributed by atoms with Crippen molar-refractivity contribution in [2.75, 3.05) is 47.9 Å². The third kappa shape index (κ3) is 4.77. The van der Waals surface area contributed by atoms with E-state index in [1.54, 1.807) is 61.5 Å². The first-order valence-electron chi connectivity index (χ1n) is 11.7. The van der Waals surface area contributed by atoms with Crippen molar-refractivity contribution in [3.8, 4) is 28.7 Å². The topological polar surface area (TPSA) is 95.6 Å². The van der Waals surface area contributed by atoms with E-state index < -0.39 is 12.0 Å². The Balaban J connectivity index is 1.88. The molecule has 0 aromatic heterocycles. The summed E-state index contributed by atoms with van der Waals surface area (Å²) in [5.41, 5.74) is 2.01. The Morgan fingerprint density at radius 2 is 1.37 bits per heavy atom. The van der Waals surface area contributed by atoms with Crippen LogP contribution in [0.15, 0.2) is 48.5 Å². The van der Waals surface area contributed by atoms with Crippen LogP contribution in [0.1, 0.15) is 33.4 Å². The molecule has 0 radical (unpaired) electrons. The molecule has 1 N–H and O–H groups in total. The van der Waals surface area contributed by atoms with E-state index in [1.165, 1.54) is 28.4 Å². The summed E-state index contributed by atoms with van der Waals surface area (Å²) < 4.78 is 27.0. The molecule has 4 rings (SSSR count). The first kappa shape index (κ1) is 26.9. The highest BCUT2D eigenvalue weighted by molar-refractivity contribution is 6.32. The van der Waals surface area contributed by atoms with Gasteiger partial charge in [-0.15, -0.1) is 0 Å². The van der Waals surface area contributed by atoms with Gasteiger partial charge in [-0.05, 0) is 53.6 Å². The fourth-order valence-electron chi connectivity index (χ4n) is 4.75. The van der Waals surface area contributed by atoms with Gasteiger partial charge in [-0.3, -0.25) is 9.59 Å². The van der Waals surface area contributed by atoms with E-state index in [0.29, 0.717) is 56.1 Å². The van der Waals surface area contributed by atoms with Gasteiger partial charge in [0.1, 0.15) is 5.75 Å². The summed E-state index contributed by atoms with van der Waals surface area (Å²) in [6, 6.07) is 12.9. The summed E-state index contributed by atoms with van der Waals surface area (Å²) >= 11 is 6.30. The average molecular weight is 541 g/mol. The maximum absolute atomic E-state index is 14.0. The number of hydrogen-bond donors (Lipinski definition) is 1. The predicted molar refractivity (Wildman–Crippen MR) is 143 cm³/mol. The Morgan fingerprint density at radius 1 is 0.789 bits per heavy atom. The highest BCUT2D eigenvalue weighted by Crippen LogP contribution is 2.47. The minimum absolute atomic E-state index is 0.266. The maximum Gasteiger partial charge on any atom is 0.254 e. The van der Waals surface area contributed by atoms with Gasteiger partial charge >= 0.3 is 0 Å². The molecule has 200 valence electrons. The van der Waals surface area contributed by atoms with Gasteiger partial charge in [0.2, 0.25) is 5.91 Å². The summed E-state index contributed by atoms with van der Waals surface area (Å²) in [5.74, 6) is 0.839. The Hall–Kier alpha value is -4.11. The second kappa shape index (κ2) is 11.1. The van der Waals surface area contributed by atoms with Crippen LogP contribution in [0.4, 0.5) is 5.69 Å². The van der Waals surface area contributed by atoms with Crippen molar-refractivity contribution in [1.82, 2.24) is 4.90 Å². The summed E-state index contributed by atoms with van der Waals surface area (Å²) in [6.45, 7) is 0. The van der Waals surface area contributed by atoms with Crippen molar-refractivity contribution in [3.63, 3.8) is 0 Å². The van der Waals surface area contributed by atoms with Crippen LogP contribution in [0.5, 0.6) is 28.7 Å². The van der Waals surface area contributed by atoms with Gasteiger partial charge in [-0.25, -0.2) is 0 Å². The molecule has 1 aliphatic rings. The highest BCUT2D eigenvalue weighted by Gasteiger charge is 2.44. The van der Waals surface area contributed by atoms with E-state index >= 15 is 0 Å². The van der Waals surface area contributed by atoms with E-state index in [-0.39, 0.29) is 11.8 Å². The van der Waals surface area contributed by atoms with E-state index in [9.17, 15) is 9.59 Å². The summed E-state index contributed by atoms with van der Waals surface area (Å²) in [6.07, 6.45) is 0. The van der Waals surface area contributed by atoms with E-state index in [2.05, 4.69) is 5.32 Å². The number of nitrogens with zero attached hydrogens (tertiary/aromatic N) is 1. The van der Waals surface area contributed by atoms with Crippen molar-refractivity contribution < 1.29 is 33.3 Å². The number of carbonyl (C=O) groups excluding carboxylic acids is 2. The number of likely N-dealkylation sites (N-methyl/N-ethyl adjacent to an activating group) is 1. The first-order valence-corrected chi connectivity index (χ1v) is 12.0. The van der Waals surface area contributed by atoms with Gasteiger partial charge in [0.05, 0.1) is 52.5 Å². The van der Waals surface area contributed by atoms with Crippen LogP contribution in [0, 0.1) is 0 Å². The molecule has 2 atom stereocenters. The number of nitrogens with one attached hydrogen (secondary N) is 1. The van der Waals surface area contributed by atoms with Gasteiger partial charge in [0.15, 0.2) is 23.0 Å². The minimum Gasteiger partial charge on any atom is -0.495 e. The Morgan fingerprint density at radius 3 is 1.97 bits per heavy atom. The molecule has 2 unspecified atom stereocenters. The quantitative estimate of drug-likeness (QED) is 0.432. The molecule has 38 heavy (non-hydrogen) atoms. The zero-order valence-electron chi connectivity index (χ0n) is 22.0. The molecule has 0 spiro atoms. The molecule has 0 fully saturated rings. The van der Waals surface area contributed by atoms with Crippen LogP contribution >= 0.6 is 11.6 Å². The molecule has 1 heterocycles. The van der Waals surface area contributed by atoms with Crippen LogP contribution in [-0.4, -0.2) is 59.3 Å². The van der Waals surface area contributed by atoms with Crippen molar-refractivity contribution in [2.45, 2.75) is 12.0 Å². The number of anilines is 1. The Kier molecular flexibility index (Phi) is 7.87. The molecule has 0 bridgehead atoms. The predicted octanol–water partition coefficient (Wildman–Crippen LogP) is 4.93. The van der Waals surface area contributed by atoms with Crippen molar-refractivity contribution in [2.24, 2.45) is 0 Å². The molecule has 0 aliphatic carbocycles. The molecular formula is C28H29ClN2O7. The van der Waals surface area contributed by atoms with Crippen LogP contribution in [0.2, 0.25) is 5.02 Å². The number of methoxy groups -OCH3 is 5. The molecule has 3 aromatic carbocycles. The summed E-state index contributed by atoms with van der Waals surface area (Å²) in [7, 11) is 9.24. The van der Waals surface area contributed by atoms with E-state index in [0.717, 1.165) is 0 Å². The number of rotatable bonds is 8. The van der Waals surface area contributed by atoms with Gasteiger partial charge in [-0.2, -0.15) is 0 Å². The number of benzene rings is 3. The SMILES string of the molecule is COc1ccc(NC(=O)C2c3cc(OC)c(OC)cc3C(=O)N(C)C2c2ccc(OC)c(OC)c2)cc1Cl. The van der Waals surface area contributed by atoms with Gasteiger partial charge < -0.3 is 33.9 Å². The normalized spacial score (nSPS) is 16.4. The van der Waals surface area contributed by atoms with E-state index in [4.69, 9.17) is 35.3 Å². The molecule has 9 nitrogen and oxygen atoms in total. The number of fused-ring (bicyclic) bond motifs is 1. The molecule has 0 saturated heterocycles.